The molecule has 1 aliphatic rings. The van der Waals surface area contributed by atoms with E-state index in [1.807, 2.05) is 68.5 Å². The zero-order chi connectivity index (χ0) is 19.6. The molecule has 1 atom stereocenters. The smallest absolute Gasteiger partial charge is 0.167 e. The highest BCUT2D eigenvalue weighted by molar-refractivity contribution is 6.05. The van der Waals surface area contributed by atoms with Crippen molar-refractivity contribution in [3.05, 3.63) is 95.7 Å². The Bertz CT molecular complexity index is 960. The molecule has 4 nitrogen and oxygen atoms in total. The van der Waals surface area contributed by atoms with Gasteiger partial charge in [0.2, 0.25) is 0 Å². The van der Waals surface area contributed by atoms with E-state index in [9.17, 15) is 4.79 Å². The Kier molecular flexibility index (Phi) is 4.97. The van der Waals surface area contributed by atoms with Crippen LogP contribution in [-0.2, 0) is 11.3 Å². The summed E-state index contributed by atoms with van der Waals surface area (Å²) in [4.78, 5) is 20.2. The lowest BCUT2D eigenvalue weighted by Gasteiger charge is -2.44. The second-order valence-electron chi connectivity index (χ2n) is 7.86. The Labute approximate surface area is 165 Å². The second kappa shape index (κ2) is 7.56. The number of hydrogen-bond donors (Lipinski definition) is 0. The summed E-state index contributed by atoms with van der Waals surface area (Å²) < 4.78 is 5.61. The molecule has 0 aliphatic carbocycles. The maximum absolute atomic E-state index is 13.4. The lowest BCUT2D eigenvalue weighted by atomic mass is 9.74. The van der Waals surface area contributed by atoms with E-state index in [4.69, 9.17) is 4.42 Å². The van der Waals surface area contributed by atoms with Gasteiger partial charge in [-0.3, -0.25) is 14.7 Å². The maximum atomic E-state index is 13.4. The first-order valence-electron chi connectivity index (χ1n) is 9.53. The first-order chi connectivity index (χ1) is 13.5. The van der Waals surface area contributed by atoms with E-state index in [1.165, 1.54) is 0 Å². The fourth-order valence-corrected chi connectivity index (χ4v) is 3.92. The average Bonchev–Trinajstić information content (AvgIpc) is 3.20. The molecule has 1 unspecified atom stereocenters. The number of ketones is 1. The molecule has 0 spiro atoms. The summed E-state index contributed by atoms with van der Waals surface area (Å²) in [6, 6.07) is 19.7. The van der Waals surface area contributed by atoms with Crippen molar-refractivity contribution < 1.29 is 9.21 Å². The van der Waals surface area contributed by atoms with Gasteiger partial charge in [0.15, 0.2) is 5.78 Å². The van der Waals surface area contributed by atoms with E-state index >= 15 is 0 Å². The number of aromatic nitrogens is 1. The lowest BCUT2D eigenvalue weighted by molar-refractivity contribution is -0.128. The van der Waals surface area contributed by atoms with Crippen LogP contribution in [0.15, 0.2) is 83.1 Å². The fourth-order valence-electron chi connectivity index (χ4n) is 3.92. The molecule has 0 bridgehead atoms. The minimum absolute atomic E-state index is 0.145. The third-order valence-electron chi connectivity index (χ3n) is 5.18. The van der Waals surface area contributed by atoms with E-state index in [0.29, 0.717) is 13.1 Å². The SMILES string of the molecule is CC1(C)CN(Cc2ccco2)C(c2ccccc2)/C(=C\c2ccccn2)C1=O. The third-order valence-corrected chi connectivity index (χ3v) is 5.18. The molecule has 1 aromatic carbocycles. The van der Waals surface area contributed by atoms with E-state index in [2.05, 4.69) is 22.0 Å². The Morgan fingerprint density at radius 2 is 1.89 bits per heavy atom. The average molecular weight is 372 g/mol. The van der Waals surface area contributed by atoms with Crippen molar-refractivity contribution in [2.45, 2.75) is 26.4 Å². The number of hydrogen-bond acceptors (Lipinski definition) is 4. The first kappa shape index (κ1) is 18.4. The monoisotopic (exact) mass is 372 g/mol. The van der Waals surface area contributed by atoms with Crippen LogP contribution >= 0.6 is 0 Å². The second-order valence-corrected chi connectivity index (χ2v) is 7.86. The number of nitrogens with zero attached hydrogens (tertiary/aromatic N) is 2. The molecule has 3 heterocycles. The van der Waals surface area contributed by atoms with Gasteiger partial charge in [0, 0.05) is 23.7 Å². The Hall–Kier alpha value is -2.98. The van der Waals surface area contributed by atoms with Crippen molar-refractivity contribution in [3.63, 3.8) is 0 Å². The zero-order valence-electron chi connectivity index (χ0n) is 16.2. The van der Waals surface area contributed by atoms with Gasteiger partial charge in [-0.25, -0.2) is 0 Å². The van der Waals surface area contributed by atoms with Crippen molar-refractivity contribution in [3.8, 4) is 0 Å². The van der Waals surface area contributed by atoms with E-state index in [-0.39, 0.29) is 11.8 Å². The molecule has 28 heavy (non-hydrogen) atoms. The molecule has 1 saturated heterocycles. The highest BCUT2D eigenvalue weighted by atomic mass is 16.3. The van der Waals surface area contributed by atoms with Gasteiger partial charge in [0.1, 0.15) is 5.76 Å². The van der Waals surface area contributed by atoms with Crippen LogP contribution < -0.4 is 0 Å². The van der Waals surface area contributed by atoms with Gasteiger partial charge in [-0.2, -0.15) is 0 Å². The molecule has 142 valence electrons. The number of Topliss-reactive ketones (excluding diaryl/α,β-unsaturated/α-hetero) is 1. The molecular weight excluding hydrogens is 348 g/mol. The normalized spacial score (nSPS) is 21.1. The summed E-state index contributed by atoms with van der Waals surface area (Å²) in [6.45, 7) is 5.32. The number of carbonyl (C=O) groups is 1. The molecule has 4 heteroatoms. The summed E-state index contributed by atoms with van der Waals surface area (Å²) in [7, 11) is 0. The summed E-state index contributed by atoms with van der Waals surface area (Å²) in [5.41, 5.74) is 2.17. The van der Waals surface area contributed by atoms with Crippen LogP contribution in [-0.4, -0.2) is 22.2 Å². The number of likely N-dealkylation sites (tertiary alicyclic amines) is 1. The number of furan rings is 1. The van der Waals surface area contributed by atoms with Gasteiger partial charge in [-0.1, -0.05) is 50.2 Å². The van der Waals surface area contributed by atoms with Gasteiger partial charge >= 0.3 is 0 Å². The summed E-state index contributed by atoms with van der Waals surface area (Å²) >= 11 is 0. The predicted molar refractivity (Wildman–Crippen MR) is 109 cm³/mol. The maximum Gasteiger partial charge on any atom is 0.167 e. The van der Waals surface area contributed by atoms with Crippen LogP contribution in [0.5, 0.6) is 0 Å². The number of piperidine rings is 1. The molecule has 0 radical (unpaired) electrons. The van der Waals surface area contributed by atoms with E-state index in [1.54, 1.807) is 12.5 Å². The number of carbonyl (C=O) groups excluding carboxylic acids is 1. The van der Waals surface area contributed by atoms with E-state index < -0.39 is 5.41 Å². The minimum Gasteiger partial charge on any atom is -0.468 e. The van der Waals surface area contributed by atoms with Gasteiger partial charge < -0.3 is 4.42 Å². The molecule has 0 saturated carbocycles. The van der Waals surface area contributed by atoms with Crippen molar-refractivity contribution in [2.24, 2.45) is 5.41 Å². The topological polar surface area (TPSA) is 46.3 Å². The molecular formula is C24H24N2O2. The van der Waals surface area contributed by atoms with Gasteiger partial charge in [-0.05, 0) is 35.9 Å². The van der Waals surface area contributed by atoms with Crippen LogP contribution in [0.4, 0.5) is 0 Å². The van der Waals surface area contributed by atoms with Crippen LogP contribution in [0.3, 0.4) is 0 Å². The van der Waals surface area contributed by atoms with E-state index in [0.717, 1.165) is 22.6 Å². The molecule has 1 fully saturated rings. The lowest BCUT2D eigenvalue weighted by Crippen LogP contribution is -2.48. The Morgan fingerprint density at radius 1 is 1.11 bits per heavy atom. The fraction of sp³-hybridized carbons (Fsp3) is 0.250. The molecule has 3 aromatic rings. The largest absolute Gasteiger partial charge is 0.468 e. The van der Waals surface area contributed by atoms with Crippen LogP contribution in [0, 0.1) is 5.41 Å². The summed E-state index contributed by atoms with van der Waals surface area (Å²) in [5.74, 6) is 1.06. The summed E-state index contributed by atoms with van der Waals surface area (Å²) in [5, 5.41) is 0. The van der Waals surface area contributed by atoms with Crippen LogP contribution in [0.25, 0.3) is 6.08 Å². The Morgan fingerprint density at radius 3 is 2.57 bits per heavy atom. The van der Waals surface area contributed by atoms with Gasteiger partial charge in [0.25, 0.3) is 0 Å². The molecule has 0 amide bonds. The minimum atomic E-state index is -0.488. The van der Waals surface area contributed by atoms with Crippen molar-refractivity contribution >= 4 is 11.9 Å². The first-order valence-corrected chi connectivity index (χ1v) is 9.53. The third kappa shape index (κ3) is 3.69. The van der Waals surface area contributed by atoms with Gasteiger partial charge in [-0.15, -0.1) is 0 Å². The van der Waals surface area contributed by atoms with Gasteiger partial charge in [0.05, 0.1) is 24.5 Å². The molecule has 1 aliphatic heterocycles. The van der Waals surface area contributed by atoms with Crippen molar-refractivity contribution in [1.82, 2.24) is 9.88 Å². The quantitative estimate of drug-likeness (QED) is 0.611. The molecule has 0 N–H and O–H groups in total. The number of pyridine rings is 1. The molecule has 4 rings (SSSR count). The zero-order valence-corrected chi connectivity index (χ0v) is 16.2. The highest BCUT2D eigenvalue weighted by Crippen LogP contribution is 2.42. The number of benzene rings is 1. The Balaban J connectivity index is 1.83. The highest BCUT2D eigenvalue weighted by Gasteiger charge is 2.44. The van der Waals surface area contributed by atoms with Crippen molar-refractivity contribution in [1.29, 1.82) is 0 Å². The van der Waals surface area contributed by atoms with Crippen LogP contribution in [0.2, 0.25) is 0 Å². The predicted octanol–water partition coefficient (Wildman–Crippen LogP) is 4.91. The van der Waals surface area contributed by atoms with Crippen molar-refractivity contribution in [2.75, 3.05) is 6.54 Å². The molecule has 2 aromatic heterocycles. The number of rotatable bonds is 4. The van der Waals surface area contributed by atoms with Crippen LogP contribution in [0.1, 0.15) is 36.9 Å². The summed E-state index contributed by atoms with van der Waals surface area (Å²) in [6.07, 6.45) is 5.39. The standard InChI is InChI=1S/C24H24N2O2/c1-24(2)17-26(16-20-12-8-14-28-20)22(18-9-4-3-5-10-18)21(23(24)27)15-19-11-6-7-13-25-19/h3-15,22H,16-17H2,1-2H3/b21-15+.